The van der Waals surface area contributed by atoms with Crippen molar-refractivity contribution in [1.29, 1.82) is 0 Å². The first-order valence-corrected chi connectivity index (χ1v) is 8.11. The average molecular weight is 303 g/mol. The Bertz CT molecular complexity index is 677. The second kappa shape index (κ2) is 5.89. The van der Waals surface area contributed by atoms with Crippen LogP contribution in [0.15, 0.2) is 24.3 Å². The molecule has 0 radical (unpaired) electrons. The SMILES string of the molecule is CCC1CN(c2c(C(=O)O)nnc3ccccc23)CCS1. The van der Waals surface area contributed by atoms with E-state index >= 15 is 0 Å². The molecule has 1 fully saturated rings. The highest BCUT2D eigenvalue weighted by Gasteiger charge is 2.26. The maximum absolute atomic E-state index is 11.5. The van der Waals surface area contributed by atoms with Crippen LogP contribution in [0.3, 0.4) is 0 Å². The van der Waals surface area contributed by atoms with E-state index < -0.39 is 5.97 Å². The van der Waals surface area contributed by atoms with E-state index in [0.717, 1.165) is 36.2 Å². The van der Waals surface area contributed by atoms with E-state index in [1.165, 1.54) is 0 Å². The maximum atomic E-state index is 11.5. The highest BCUT2D eigenvalue weighted by Crippen LogP contribution is 2.32. The molecule has 1 saturated heterocycles. The van der Waals surface area contributed by atoms with Gasteiger partial charge >= 0.3 is 5.97 Å². The number of aromatic carboxylic acids is 1. The Kier molecular flexibility index (Phi) is 3.96. The first kappa shape index (κ1) is 14.1. The molecule has 110 valence electrons. The van der Waals surface area contributed by atoms with Crippen LogP contribution >= 0.6 is 11.8 Å². The van der Waals surface area contributed by atoms with Crippen LogP contribution in [0.5, 0.6) is 0 Å². The summed E-state index contributed by atoms with van der Waals surface area (Å²) in [6, 6.07) is 7.60. The summed E-state index contributed by atoms with van der Waals surface area (Å²) in [7, 11) is 0. The number of hydrogen-bond donors (Lipinski definition) is 1. The maximum Gasteiger partial charge on any atom is 0.358 e. The molecular weight excluding hydrogens is 286 g/mol. The van der Waals surface area contributed by atoms with E-state index in [4.69, 9.17) is 0 Å². The summed E-state index contributed by atoms with van der Waals surface area (Å²) in [6.07, 6.45) is 1.08. The number of nitrogens with zero attached hydrogens (tertiary/aromatic N) is 3. The highest BCUT2D eigenvalue weighted by molar-refractivity contribution is 8.00. The Morgan fingerprint density at radius 2 is 2.24 bits per heavy atom. The Morgan fingerprint density at radius 3 is 3.00 bits per heavy atom. The predicted octanol–water partition coefficient (Wildman–Crippen LogP) is 2.66. The third-order valence-electron chi connectivity index (χ3n) is 3.75. The Hall–Kier alpha value is -1.82. The molecule has 1 unspecified atom stereocenters. The van der Waals surface area contributed by atoms with Crippen LogP contribution in [-0.4, -0.2) is 45.4 Å². The molecular formula is C15H17N3O2S. The Balaban J connectivity index is 2.14. The van der Waals surface area contributed by atoms with Crippen molar-refractivity contribution in [3.05, 3.63) is 30.0 Å². The average Bonchev–Trinajstić information content (AvgIpc) is 2.53. The second-order valence-corrected chi connectivity index (χ2v) is 6.47. The molecule has 0 aliphatic carbocycles. The van der Waals surface area contributed by atoms with Crippen molar-refractivity contribution in [2.75, 3.05) is 23.7 Å². The lowest BCUT2D eigenvalue weighted by Gasteiger charge is -2.34. The molecule has 1 aliphatic heterocycles. The van der Waals surface area contributed by atoms with Gasteiger partial charge in [0.05, 0.1) is 11.2 Å². The van der Waals surface area contributed by atoms with Crippen LogP contribution in [0.25, 0.3) is 10.9 Å². The molecule has 1 N–H and O–H groups in total. The van der Waals surface area contributed by atoms with Crippen LogP contribution in [0.1, 0.15) is 23.8 Å². The van der Waals surface area contributed by atoms with E-state index in [1.807, 2.05) is 36.0 Å². The van der Waals surface area contributed by atoms with E-state index in [-0.39, 0.29) is 5.69 Å². The first-order chi connectivity index (χ1) is 10.2. The lowest BCUT2D eigenvalue weighted by molar-refractivity contribution is 0.0690. The van der Waals surface area contributed by atoms with E-state index in [2.05, 4.69) is 22.0 Å². The van der Waals surface area contributed by atoms with Gasteiger partial charge in [-0.25, -0.2) is 4.79 Å². The number of anilines is 1. The molecule has 1 aromatic heterocycles. The normalized spacial score (nSPS) is 18.9. The minimum atomic E-state index is -1.02. The zero-order valence-electron chi connectivity index (χ0n) is 11.8. The van der Waals surface area contributed by atoms with Gasteiger partial charge in [0.2, 0.25) is 0 Å². The fourth-order valence-corrected chi connectivity index (χ4v) is 3.85. The van der Waals surface area contributed by atoms with Gasteiger partial charge in [0, 0.05) is 29.5 Å². The van der Waals surface area contributed by atoms with Crippen LogP contribution in [-0.2, 0) is 0 Å². The van der Waals surface area contributed by atoms with Gasteiger partial charge in [-0.3, -0.25) is 0 Å². The minimum absolute atomic E-state index is 0.0513. The van der Waals surface area contributed by atoms with E-state index in [1.54, 1.807) is 0 Å². The predicted molar refractivity (Wildman–Crippen MR) is 85.2 cm³/mol. The number of aromatic nitrogens is 2. The van der Waals surface area contributed by atoms with Gasteiger partial charge in [0.25, 0.3) is 0 Å². The summed E-state index contributed by atoms with van der Waals surface area (Å²) >= 11 is 1.96. The molecule has 2 aromatic rings. The number of hydrogen-bond acceptors (Lipinski definition) is 5. The van der Waals surface area contributed by atoms with Crippen molar-refractivity contribution in [1.82, 2.24) is 10.2 Å². The third kappa shape index (κ3) is 2.68. The highest BCUT2D eigenvalue weighted by atomic mass is 32.2. The molecule has 0 bridgehead atoms. The first-order valence-electron chi connectivity index (χ1n) is 7.06. The van der Waals surface area contributed by atoms with Gasteiger partial charge in [0.15, 0.2) is 5.69 Å². The quantitative estimate of drug-likeness (QED) is 0.940. The van der Waals surface area contributed by atoms with Gasteiger partial charge in [0.1, 0.15) is 0 Å². The number of fused-ring (bicyclic) bond motifs is 1. The fourth-order valence-electron chi connectivity index (χ4n) is 2.67. The van der Waals surface area contributed by atoms with Gasteiger partial charge < -0.3 is 10.0 Å². The van der Waals surface area contributed by atoms with Gasteiger partial charge in [-0.1, -0.05) is 25.1 Å². The van der Waals surface area contributed by atoms with Crippen molar-refractivity contribution in [2.24, 2.45) is 0 Å². The van der Waals surface area contributed by atoms with Gasteiger partial charge in [-0.05, 0) is 12.5 Å². The largest absolute Gasteiger partial charge is 0.476 e. The summed E-state index contributed by atoms with van der Waals surface area (Å²) in [5.41, 5.74) is 1.51. The number of carboxylic acid groups (broad SMARTS) is 1. The van der Waals surface area contributed by atoms with Crippen molar-refractivity contribution < 1.29 is 9.90 Å². The zero-order chi connectivity index (χ0) is 14.8. The second-order valence-electron chi connectivity index (χ2n) is 5.07. The zero-order valence-corrected chi connectivity index (χ0v) is 12.6. The van der Waals surface area contributed by atoms with Crippen LogP contribution in [0.4, 0.5) is 5.69 Å². The molecule has 6 heteroatoms. The summed E-state index contributed by atoms with van der Waals surface area (Å²) < 4.78 is 0. The molecule has 0 spiro atoms. The standard InChI is InChI=1S/C15H17N3O2S/c1-2-10-9-18(7-8-21-10)14-11-5-3-4-6-12(11)16-17-13(14)15(19)20/h3-6,10H,2,7-9H2,1H3,(H,19,20). The number of rotatable bonds is 3. The number of thioether (sulfide) groups is 1. The minimum Gasteiger partial charge on any atom is -0.476 e. The molecule has 0 amide bonds. The topological polar surface area (TPSA) is 66.3 Å². The molecule has 21 heavy (non-hydrogen) atoms. The summed E-state index contributed by atoms with van der Waals surface area (Å²) in [5.74, 6) is -0.0108. The summed E-state index contributed by atoms with van der Waals surface area (Å²) in [6.45, 7) is 3.87. The lowest BCUT2D eigenvalue weighted by Crippen LogP contribution is -2.38. The molecule has 3 rings (SSSR count). The smallest absolute Gasteiger partial charge is 0.358 e. The van der Waals surface area contributed by atoms with Crippen molar-refractivity contribution in [3.8, 4) is 0 Å². The van der Waals surface area contributed by atoms with Crippen molar-refractivity contribution in [3.63, 3.8) is 0 Å². The van der Waals surface area contributed by atoms with Gasteiger partial charge in [-0.15, -0.1) is 10.2 Å². The summed E-state index contributed by atoms with van der Waals surface area (Å²) in [5, 5.41) is 18.8. The van der Waals surface area contributed by atoms with Crippen LogP contribution < -0.4 is 4.90 Å². The number of carbonyl (C=O) groups is 1. The number of carboxylic acids is 1. The molecule has 5 nitrogen and oxygen atoms in total. The summed E-state index contributed by atoms with van der Waals surface area (Å²) in [4.78, 5) is 13.7. The molecule has 1 aliphatic rings. The number of benzene rings is 1. The van der Waals surface area contributed by atoms with Crippen molar-refractivity contribution in [2.45, 2.75) is 18.6 Å². The lowest BCUT2D eigenvalue weighted by atomic mass is 10.1. The fraction of sp³-hybridized carbons (Fsp3) is 0.400. The van der Waals surface area contributed by atoms with Crippen molar-refractivity contribution >= 4 is 34.3 Å². The Morgan fingerprint density at radius 1 is 1.43 bits per heavy atom. The Labute approximate surface area is 127 Å². The van der Waals surface area contributed by atoms with Gasteiger partial charge in [-0.2, -0.15) is 11.8 Å². The molecule has 1 atom stereocenters. The van der Waals surface area contributed by atoms with E-state index in [9.17, 15) is 9.90 Å². The molecule has 2 heterocycles. The third-order valence-corrected chi connectivity index (χ3v) is 5.13. The van der Waals surface area contributed by atoms with E-state index in [0.29, 0.717) is 10.9 Å². The molecule has 1 aromatic carbocycles. The monoisotopic (exact) mass is 303 g/mol. The van der Waals surface area contributed by atoms with Crippen LogP contribution in [0, 0.1) is 0 Å². The van der Waals surface area contributed by atoms with Crippen LogP contribution in [0.2, 0.25) is 0 Å². The molecule has 0 saturated carbocycles.